The molecule has 0 saturated carbocycles. The van der Waals surface area contributed by atoms with Gasteiger partial charge in [-0.05, 0) is 112 Å². The molecule has 22 aromatic rings. The topological polar surface area (TPSA) is 113 Å². The number of para-hydroxylation sites is 6. The van der Waals surface area contributed by atoms with Crippen molar-refractivity contribution in [1.29, 1.82) is 0 Å². The van der Waals surface area contributed by atoms with Crippen LogP contribution in [0, 0.1) is 0 Å². The van der Waals surface area contributed by atoms with Crippen molar-refractivity contribution < 1.29 is 8.83 Å². The third kappa shape index (κ3) is 11.7. The fourth-order valence-corrected chi connectivity index (χ4v) is 15.9. The van der Waals surface area contributed by atoms with Crippen LogP contribution in [-0.4, -0.2) is 39.0 Å². The van der Waals surface area contributed by atoms with Crippen LogP contribution < -0.4 is 0 Å². The van der Waals surface area contributed by atoms with Gasteiger partial charge in [0.15, 0.2) is 34.9 Å². The highest BCUT2D eigenvalue weighted by molar-refractivity contribution is 6.15. The Morgan fingerprint density at radius 1 is 0.170 bits per heavy atom. The highest BCUT2D eigenvalue weighted by Crippen LogP contribution is 2.43. The molecule has 0 N–H and O–H groups in total. The molecule has 0 aliphatic heterocycles. The number of rotatable bonds is 12. The minimum Gasteiger partial charge on any atom is -0.455 e. The Bertz CT molecular complexity index is 7240. The highest BCUT2D eigenvalue weighted by Gasteiger charge is 2.22. The first kappa shape index (κ1) is 65.1. The monoisotopic (exact) mass is 1430 g/mol. The third-order valence-electron chi connectivity index (χ3n) is 21.3. The SMILES string of the molecule is c1ccc(-c2nc(-c3ccccc3)nc(-c3ccc(-c4ccc(-n5c6ccccc6c6cc(-c7cccc8c7oc7ccccc78)ccc65)cc4)cc3)n2)cc1.c1ccc(-c2nc(-c3ccccc3)nc(-c3cccc(-c4cccc(-n5c6ccccc6c6cc(-c7cccc8c7oc7ccccc78)ccc65)c4)c3)n2)cc1. The maximum absolute atomic E-state index is 6.44. The predicted molar refractivity (Wildman–Crippen MR) is 457 cm³/mol. The van der Waals surface area contributed by atoms with Crippen LogP contribution in [0.4, 0.5) is 0 Å². The third-order valence-corrected chi connectivity index (χ3v) is 21.3. The van der Waals surface area contributed by atoms with Crippen LogP contribution in [0.25, 0.3) is 212 Å². The van der Waals surface area contributed by atoms with Gasteiger partial charge in [-0.3, -0.25) is 0 Å². The van der Waals surface area contributed by atoms with Crippen LogP contribution in [0.15, 0.2) is 397 Å². The molecule has 16 aromatic carbocycles. The van der Waals surface area contributed by atoms with E-state index in [1.807, 2.05) is 146 Å². The first-order valence-electron chi connectivity index (χ1n) is 37.5. The van der Waals surface area contributed by atoms with Gasteiger partial charge in [0, 0.05) is 99.0 Å². The van der Waals surface area contributed by atoms with Gasteiger partial charge in [0.1, 0.15) is 22.3 Å². The van der Waals surface area contributed by atoms with Gasteiger partial charge in [0.2, 0.25) is 0 Å². The molecule has 0 saturated heterocycles. The molecule has 0 aliphatic carbocycles. The lowest BCUT2D eigenvalue weighted by molar-refractivity contribution is 0.669. The molecule has 0 radical (unpaired) electrons. The van der Waals surface area contributed by atoms with Gasteiger partial charge in [-0.25, -0.2) is 29.9 Å². The zero-order valence-corrected chi connectivity index (χ0v) is 60.3. The van der Waals surface area contributed by atoms with Crippen molar-refractivity contribution in [3.8, 4) is 124 Å². The molecular formula is C102H64N8O2. The van der Waals surface area contributed by atoms with Crippen molar-refractivity contribution in [2.24, 2.45) is 0 Å². The molecule has 6 heterocycles. The molecule has 0 bridgehead atoms. The van der Waals surface area contributed by atoms with E-state index in [-0.39, 0.29) is 0 Å². The molecule has 0 atom stereocenters. The van der Waals surface area contributed by atoms with Crippen molar-refractivity contribution >= 4 is 87.5 Å². The summed E-state index contributed by atoms with van der Waals surface area (Å²) in [6.45, 7) is 0. The maximum Gasteiger partial charge on any atom is 0.164 e. The predicted octanol–water partition coefficient (Wildman–Crippen LogP) is 26.4. The van der Waals surface area contributed by atoms with Crippen molar-refractivity contribution in [3.63, 3.8) is 0 Å². The number of nitrogens with zero attached hydrogens (tertiary/aromatic N) is 8. The molecule has 6 aromatic heterocycles. The number of hydrogen-bond donors (Lipinski definition) is 0. The number of fused-ring (bicyclic) bond motifs is 12. The van der Waals surface area contributed by atoms with E-state index in [9.17, 15) is 0 Å². The van der Waals surface area contributed by atoms with E-state index in [0.29, 0.717) is 34.9 Å². The van der Waals surface area contributed by atoms with Crippen molar-refractivity contribution in [3.05, 3.63) is 388 Å². The van der Waals surface area contributed by atoms with Crippen molar-refractivity contribution in [2.75, 3.05) is 0 Å². The molecule has 10 nitrogen and oxygen atoms in total. The average Bonchev–Trinajstić information content (AvgIpc) is 1.58. The summed E-state index contributed by atoms with van der Waals surface area (Å²) in [4.78, 5) is 29.5. The molecule has 10 heteroatoms. The van der Waals surface area contributed by atoms with Crippen molar-refractivity contribution in [1.82, 2.24) is 39.0 Å². The van der Waals surface area contributed by atoms with E-state index in [2.05, 4.69) is 252 Å². The Hall–Kier alpha value is -15.3. The van der Waals surface area contributed by atoms with Gasteiger partial charge in [-0.15, -0.1) is 0 Å². The summed E-state index contributed by atoms with van der Waals surface area (Å²) < 4.78 is 17.6. The fourth-order valence-electron chi connectivity index (χ4n) is 15.9. The second-order valence-electron chi connectivity index (χ2n) is 28.1. The summed E-state index contributed by atoms with van der Waals surface area (Å²) in [6, 6.07) is 135. The standard InChI is InChI=1S/2C51H32N4O/c1-3-14-33(15-4-1)49-52-50(34-16-5-2-6-17-34)54-51(53-49)38-20-11-18-35(30-38)36-19-12-21-39(31-36)55-45-26-9-7-22-41(45)44-32-37(28-29-46(44)55)40-24-13-25-43-42-23-8-10-27-47(42)56-48(40)43;1-3-12-35(13-4-1)49-52-50(36-14-5-2-6-15-36)54-51(53-49)37-24-22-33(23-25-37)34-26-29-39(30-27-34)55-45-20-9-7-16-41(45)44-32-38(28-31-46(44)55)40-18-11-19-43-42-17-8-10-21-47(42)56-48(40)43/h2*1-32H. The molecule has 22 rings (SSSR count). The average molecular weight is 1430 g/mol. The summed E-state index contributed by atoms with van der Waals surface area (Å²) in [5.41, 5.74) is 25.0. The Morgan fingerprint density at radius 3 is 0.929 bits per heavy atom. The number of furan rings is 2. The molecule has 112 heavy (non-hydrogen) atoms. The largest absolute Gasteiger partial charge is 0.455 e. The minimum absolute atomic E-state index is 0.632. The van der Waals surface area contributed by atoms with E-state index in [0.717, 1.165) is 150 Å². The van der Waals surface area contributed by atoms with Gasteiger partial charge in [-0.2, -0.15) is 0 Å². The molecule has 0 unspecified atom stereocenters. The lowest BCUT2D eigenvalue weighted by Gasteiger charge is -2.12. The Labute approximate surface area is 643 Å². The van der Waals surface area contributed by atoms with Crippen LogP contribution in [0.5, 0.6) is 0 Å². The summed E-state index contributed by atoms with van der Waals surface area (Å²) in [7, 11) is 0. The van der Waals surface area contributed by atoms with Crippen LogP contribution in [-0.2, 0) is 0 Å². The number of hydrogen-bond acceptors (Lipinski definition) is 8. The lowest BCUT2D eigenvalue weighted by Crippen LogP contribution is -2.00. The zero-order valence-electron chi connectivity index (χ0n) is 60.3. The van der Waals surface area contributed by atoms with Crippen LogP contribution in [0.1, 0.15) is 0 Å². The Morgan fingerprint density at radius 2 is 0.473 bits per heavy atom. The number of aromatic nitrogens is 8. The molecule has 524 valence electrons. The van der Waals surface area contributed by atoms with Gasteiger partial charge in [-0.1, -0.05) is 309 Å². The summed E-state index contributed by atoms with van der Waals surface area (Å²) in [5, 5.41) is 9.35. The molecule has 0 fully saturated rings. The van der Waals surface area contributed by atoms with E-state index >= 15 is 0 Å². The van der Waals surface area contributed by atoms with E-state index < -0.39 is 0 Å². The second kappa shape index (κ2) is 27.5. The molecular weight excluding hydrogens is 1370 g/mol. The summed E-state index contributed by atoms with van der Waals surface area (Å²) in [5.74, 6) is 3.87. The van der Waals surface area contributed by atoms with Gasteiger partial charge in [0.25, 0.3) is 0 Å². The summed E-state index contributed by atoms with van der Waals surface area (Å²) in [6.07, 6.45) is 0. The smallest absolute Gasteiger partial charge is 0.164 e. The van der Waals surface area contributed by atoms with Crippen molar-refractivity contribution in [2.45, 2.75) is 0 Å². The quantitative estimate of drug-likeness (QED) is 0.119. The fraction of sp³-hybridized carbons (Fsp3) is 0. The normalized spacial score (nSPS) is 11.6. The van der Waals surface area contributed by atoms with Crippen LogP contribution >= 0.6 is 0 Å². The maximum atomic E-state index is 6.44. The first-order chi connectivity index (χ1) is 55.5. The second-order valence-corrected chi connectivity index (χ2v) is 28.1. The van der Waals surface area contributed by atoms with E-state index in [1.54, 1.807) is 0 Å². The van der Waals surface area contributed by atoms with Gasteiger partial charge < -0.3 is 18.0 Å². The molecule has 0 amide bonds. The van der Waals surface area contributed by atoms with Crippen LogP contribution in [0.3, 0.4) is 0 Å². The highest BCUT2D eigenvalue weighted by atomic mass is 16.3. The van der Waals surface area contributed by atoms with E-state index in [1.165, 1.54) is 27.1 Å². The number of benzene rings is 16. The van der Waals surface area contributed by atoms with Gasteiger partial charge >= 0.3 is 0 Å². The minimum atomic E-state index is 0.632. The first-order valence-corrected chi connectivity index (χ1v) is 37.5. The van der Waals surface area contributed by atoms with Crippen LogP contribution in [0.2, 0.25) is 0 Å². The van der Waals surface area contributed by atoms with Gasteiger partial charge in [0.05, 0.1) is 22.1 Å². The molecule has 0 aliphatic rings. The Kier molecular flexibility index (Phi) is 16.0. The van der Waals surface area contributed by atoms with E-state index in [4.69, 9.17) is 38.7 Å². The molecule has 0 spiro atoms. The zero-order chi connectivity index (χ0) is 74.0. The Balaban J connectivity index is 0.000000141. The summed E-state index contributed by atoms with van der Waals surface area (Å²) >= 11 is 0. The lowest BCUT2D eigenvalue weighted by atomic mass is 10.0.